The minimum atomic E-state index is -0.746. The summed E-state index contributed by atoms with van der Waals surface area (Å²) in [6.45, 7) is 0. The van der Waals surface area contributed by atoms with Gasteiger partial charge in [-0.3, -0.25) is 4.79 Å². The molecule has 1 aromatic carbocycles. The van der Waals surface area contributed by atoms with Crippen LogP contribution in [-0.4, -0.2) is 23.1 Å². The third-order valence-corrected chi connectivity index (χ3v) is 5.55. The van der Waals surface area contributed by atoms with Crippen LogP contribution in [0.25, 0.3) is 0 Å². The van der Waals surface area contributed by atoms with Crippen molar-refractivity contribution in [3.63, 3.8) is 0 Å². The molecular weight excluding hydrogens is 323 g/mol. The molecule has 3 rings (SSSR count). The topological polar surface area (TPSA) is 78.4 Å². The summed E-state index contributed by atoms with van der Waals surface area (Å²) in [5.74, 6) is -0.929. The summed E-state index contributed by atoms with van der Waals surface area (Å²) < 4.78 is 13.2. The van der Waals surface area contributed by atoms with Gasteiger partial charge in [0, 0.05) is 6.04 Å². The number of aliphatic carboxylic acids is 1. The molecule has 2 aliphatic rings. The fourth-order valence-corrected chi connectivity index (χ4v) is 3.77. The maximum absolute atomic E-state index is 13.2. The molecule has 2 saturated carbocycles. The van der Waals surface area contributed by atoms with Gasteiger partial charge in [0.1, 0.15) is 5.82 Å². The van der Waals surface area contributed by atoms with Gasteiger partial charge in [0.15, 0.2) is 0 Å². The SMILES string of the molecule is O=C(NC1CCC(C(=O)O)CC1)NC(c1ccc(F)cc1)C1CCC1. The van der Waals surface area contributed by atoms with Crippen molar-refractivity contribution in [2.75, 3.05) is 0 Å². The summed E-state index contributed by atoms with van der Waals surface area (Å²) in [7, 11) is 0. The quantitative estimate of drug-likeness (QED) is 0.760. The number of carboxylic acid groups (broad SMARTS) is 1. The maximum Gasteiger partial charge on any atom is 0.315 e. The van der Waals surface area contributed by atoms with Crippen LogP contribution in [0, 0.1) is 17.7 Å². The molecule has 2 aliphatic carbocycles. The van der Waals surface area contributed by atoms with Crippen molar-refractivity contribution in [2.45, 2.75) is 57.0 Å². The molecule has 0 aliphatic heterocycles. The van der Waals surface area contributed by atoms with Crippen molar-refractivity contribution in [2.24, 2.45) is 11.8 Å². The number of carboxylic acids is 1. The molecule has 0 radical (unpaired) electrons. The number of carbonyl (C=O) groups is 2. The van der Waals surface area contributed by atoms with Gasteiger partial charge in [0.25, 0.3) is 0 Å². The summed E-state index contributed by atoms with van der Waals surface area (Å²) in [5.41, 5.74) is 0.927. The first-order chi connectivity index (χ1) is 12.0. The number of hydrogen-bond donors (Lipinski definition) is 3. The number of amides is 2. The number of hydrogen-bond acceptors (Lipinski definition) is 2. The van der Waals surface area contributed by atoms with E-state index in [1.165, 1.54) is 12.1 Å². The zero-order valence-corrected chi connectivity index (χ0v) is 14.2. The van der Waals surface area contributed by atoms with Gasteiger partial charge in [-0.05, 0) is 62.1 Å². The molecule has 0 spiro atoms. The van der Waals surface area contributed by atoms with Crippen LogP contribution in [0.1, 0.15) is 56.6 Å². The second-order valence-corrected chi connectivity index (χ2v) is 7.22. The zero-order valence-electron chi connectivity index (χ0n) is 14.2. The van der Waals surface area contributed by atoms with Gasteiger partial charge in [-0.25, -0.2) is 9.18 Å². The second-order valence-electron chi connectivity index (χ2n) is 7.22. The maximum atomic E-state index is 13.2. The Bertz CT molecular complexity index is 608. The van der Waals surface area contributed by atoms with Crippen LogP contribution in [0.5, 0.6) is 0 Å². The molecule has 2 fully saturated rings. The van der Waals surface area contributed by atoms with Crippen LogP contribution in [0.2, 0.25) is 0 Å². The van der Waals surface area contributed by atoms with Gasteiger partial charge in [-0.1, -0.05) is 18.6 Å². The average Bonchev–Trinajstić information content (AvgIpc) is 2.54. The highest BCUT2D eigenvalue weighted by Gasteiger charge is 2.31. The van der Waals surface area contributed by atoms with Crippen LogP contribution < -0.4 is 10.6 Å². The Labute approximate surface area is 147 Å². The molecule has 0 bridgehead atoms. The van der Waals surface area contributed by atoms with E-state index in [2.05, 4.69) is 10.6 Å². The van der Waals surface area contributed by atoms with Crippen molar-refractivity contribution < 1.29 is 19.1 Å². The number of halogens is 1. The summed E-state index contributed by atoms with van der Waals surface area (Å²) in [4.78, 5) is 23.4. The number of rotatable bonds is 5. The molecule has 6 heteroatoms. The van der Waals surface area contributed by atoms with Gasteiger partial charge in [0.05, 0.1) is 12.0 Å². The van der Waals surface area contributed by atoms with Crippen LogP contribution in [0.3, 0.4) is 0 Å². The third-order valence-electron chi connectivity index (χ3n) is 5.55. The highest BCUT2D eigenvalue weighted by molar-refractivity contribution is 5.75. The van der Waals surface area contributed by atoms with Crippen LogP contribution in [0.15, 0.2) is 24.3 Å². The average molecular weight is 348 g/mol. The zero-order chi connectivity index (χ0) is 17.8. The molecule has 2 amide bonds. The largest absolute Gasteiger partial charge is 0.481 e. The Hall–Kier alpha value is -2.11. The Morgan fingerprint density at radius 2 is 1.68 bits per heavy atom. The van der Waals surface area contributed by atoms with Gasteiger partial charge in [0.2, 0.25) is 0 Å². The number of urea groups is 1. The molecule has 1 aromatic rings. The van der Waals surface area contributed by atoms with E-state index in [1.807, 2.05) is 0 Å². The smallest absolute Gasteiger partial charge is 0.315 e. The Morgan fingerprint density at radius 1 is 1.04 bits per heavy atom. The molecule has 0 saturated heterocycles. The summed E-state index contributed by atoms with van der Waals surface area (Å²) in [5, 5.41) is 15.1. The molecular formula is C19H25FN2O3. The minimum absolute atomic E-state index is 0.0193. The van der Waals surface area contributed by atoms with Crippen molar-refractivity contribution >= 4 is 12.0 Å². The first-order valence-electron chi connectivity index (χ1n) is 9.08. The molecule has 5 nitrogen and oxygen atoms in total. The normalized spacial score (nSPS) is 24.8. The lowest BCUT2D eigenvalue weighted by molar-refractivity contribution is -0.142. The lowest BCUT2D eigenvalue weighted by Gasteiger charge is -2.35. The lowest BCUT2D eigenvalue weighted by Crippen LogP contribution is -2.47. The molecule has 25 heavy (non-hydrogen) atoms. The van der Waals surface area contributed by atoms with Crippen LogP contribution >= 0.6 is 0 Å². The van der Waals surface area contributed by atoms with E-state index in [9.17, 15) is 14.0 Å². The van der Waals surface area contributed by atoms with E-state index in [4.69, 9.17) is 5.11 Å². The minimum Gasteiger partial charge on any atom is -0.481 e. The van der Waals surface area contributed by atoms with Crippen molar-refractivity contribution in [1.29, 1.82) is 0 Å². The summed E-state index contributed by atoms with van der Waals surface area (Å²) in [6.07, 6.45) is 5.86. The van der Waals surface area contributed by atoms with Crippen LogP contribution in [0.4, 0.5) is 9.18 Å². The lowest BCUT2D eigenvalue weighted by atomic mass is 9.77. The van der Waals surface area contributed by atoms with Crippen molar-refractivity contribution in [1.82, 2.24) is 10.6 Å². The van der Waals surface area contributed by atoms with Gasteiger partial charge in [-0.15, -0.1) is 0 Å². The fourth-order valence-electron chi connectivity index (χ4n) is 3.77. The monoisotopic (exact) mass is 348 g/mol. The molecule has 136 valence electrons. The number of nitrogens with one attached hydrogen (secondary N) is 2. The standard InChI is InChI=1S/C19H25FN2O3/c20-15-8-4-13(5-9-15)17(12-2-1-3-12)22-19(25)21-16-10-6-14(7-11-16)18(23)24/h4-5,8-9,12,14,16-17H,1-3,6-7,10-11H2,(H,23,24)(H2,21,22,25). The van der Waals surface area contributed by atoms with Crippen molar-refractivity contribution in [3.8, 4) is 0 Å². The predicted molar refractivity (Wildman–Crippen MR) is 91.5 cm³/mol. The number of benzene rings is 1. The molecule has 1 atom stereocenters. The fraction of sp³-hybridized carbons (Fsp3) is 0.579. The van der Waals surface area contributed by atoms with Gasteiger partial charge in [-0.2, -0.15) is 0 Å². The van der Waals surface area contributed by atoms with E-state index < -0.39 is 5.97 Å². The highest BCUT2D eigenvalue weighted by atomic mass is 19.1. The van der Waals surface area contributed by atoms with E-state index in [0.29, 0.717) is 31.6 Å². The van der Waals surface area contributed by atoms with Gasteiger partial charge < -0.3 is 15.7 Å². The Kier molecular flexibility index (Phi) is 5.56. The van der Waals surface area contributed by atoms with E-state index in [1.54, 1.807) is 12.1 Å². The van der Waals surface area contributed by atoms with Crippen molar-refractivity contribution in [3.05, 3.63) is 35.6 Å². The number of carbonyl (C=O) groups excluding carboxylic acids is 1. The van der Waals surface area contributed by atoms with Gasteiger partial charge >= 0.3 is 12.0 Å². The van der Waals surface area contributed by atoms with E-state index in [0.717, 1.165) is 24.8 Å². The predicted octanol–water partition coefficient (Wildman–Crippen LogP) is 3.61. The Morgan fingerprint density at radius 3 is 2.20 bits per heavy atom. The molecule has 1 unspecified atom stereocenters. The second kappa shape index (κ2) is 7.85. The summed E-state index contributed by atoms with van der Waals surface area (Å²) in [6, 6.07) is 6.00. The van der Waals surface area contributed by atoms with E-state index >= 15 is 0 Å². The highest BCUT2D eigenvalue weighted by Crippen LogP contribution is 2.37. The molecule has 3 N–H and O–H groups in total. The van der Waals surface area contributed by atoms with E-state index in [-0.39, 0.29) is 29.8 Å². The first kappa shape index (κ1) is 17.7. The molecule has 0 heterocycles. The summed E-state index contributed by atoms with van der Waals surface area (Å²) >= 11 is 0. The first-order valence-corrected chi connectivity index (χ1v) is 9.08. The Balaban J connectivity index is 1.56. The van der Waals surface area contributed by atoms with Crippen LogP contribution in [-0.2, 0) is 4.79 Å². The molecule has 0 aromatic heterocycles. The third kappa shape index (κ3) is 4.50.